The average Bonchev–Trinajstić information content (AvgIpc) is 3.39. The van der Waals surface area contributed by atoms with E-state index in [4.69, 9.17) is 26.7 Å². The molecule has 0 amide bonds. The number of rotatable bonds is 3. The van der Waals surface area contributed by atoms with Crippen LogP contribution in [0.4, 0.5) is 0 Å². The number of hydrogen-bond donors (Lipinski definition) is 0. The van der Waals surface area contributed by atoms with Gasteiger partial charge in [0.2, 0.25) is 0 Å². The van der Waals surface area contributed by atoms with Gasteiger partial charge in [-0.1, -0.05) is 84.4 Å². The van der Waals surface area contributed by atoms with Crippen molar-refractivity contribution in [3.63, 3.8) is 0 Å². The molecule has 3 aromatic carbocycles. The lowest BCUT2D eigenvalue weighted by molar-refractivity contribution is 0.910. The number of halogens is 1. The molecule has 0 atom stereocenters. The van der Waals surface area contributed by atoms with Crippen molar-refractivity contribution >= 4 is 28.3 Å². The highest BCUT2D eigenvalue weighted by Crippen LogP contribution is 2.41. The Bertz CT molecular complexity index is 1580. The van der Waals surface area contributed by atoms with Crippen molar-refractivity contribution in [1.29, 1.82) is 0 Å². The summed E-state index contributed by atoms with van der Waals surface area (Å²) in [6.45, 7) is 0. The average molecular weight is 436 g/mol. The topological polar surface area (TPSA) is 48.0 Å². The fourth-order valence-corrected chi connectivity index (χ4v) is 4.48. The monoisotopic (exact) mass is 435 g/mol. The molecule has 6 heteroatoms. The van der Waals surface area contributed by atoms with Crippen molar-refractivity contribution < 1.29 is 0 Å². The SMILES string of the molecule is Cn1c(-c2ccccc2)c(-c2ccccc2)c2c1ncn1nc(-c3cccc(Cl)c3)nc21. The summed E-state index contributed by atoms with van der Waals surface area (Å²) in [5.74, 6) is 0.617. The lowest BCUT2D eigenvalue weighted by Gasteiger charge is -2.08. The summed E-state index contributed by atoms with van der Waals surface area (Å²) in [5.41, 5.74) is 6.92. The third kappa shape index (κ3) is 2.90. The van der Waals surface area contributed by atoms with E-state index in [0.717, 1.165) is 44.6 Å². The van der Waals surface area contributed by atoms with Gasteiger partial charge in [0.25, 0.3) is 0 Å². The van der Waals surface area contributed by atoms with Crippen LogP contribution in [-0.2, 0) is 7.05 Å². The van der Waals surface area contributed by atoms with Gasteiger partial charge in [-0.15, -0.1) is 5.10 Å². The molecular weight excluding hydrogens is 418 g/mol. The van der Waals surface area contributed by atoms with Gasteiger partial charge in [0.15, 0.2) is 11.5 Å². The summed E-state index contributed by atoms with van der Waals surface area (Å²) in [5, 5.41) is 6.32. The minimum Gasteiger partial charge on any atom is -0.328 e. The van der Waals surface area contributed by atoms with Crippen LogP contribution in [-0.4, -0.2) is 24.1 Å². The van der Waals surface area contributed by atoms with E-state index < -0.39 is 0 Å². The fourth-order valence-electron chi connectivity index (χ4n) is 4.29. The number of aryl methyl sites for hydroxylation is 1. The van der Waals surface area contributed by atoms with Crippen molar-refractivity contribution in [2.24, 2.45) is 7.05 Å². The molecule has 0 saturated carbocycles. The Hall–Kier alpha value is -3.96. The first-order valence-corrected chi connectivity index (χ1v) is 10.7. The van der Waals surface area contributed by atoms with Gasteiger partial charge in [0, 0.05) is 23.2 Å². The van der Waals surface area contributed by atoms with E-state index in [1.165, 1.54) is 0 Å². The molecule has 0 fully saturated rings. The van der Waals surface area contributed by atoms with Crippen LogP contribution in [0.3, 0.4) is 0 Å². The van der Waals surface area contributed by atoms with E-state index >= 15 is 0 Å². The number of nitrogens with zero attached hydrogens (tertiary/aromatic N) is 5. The van der Waals surface area contributed by atoms with Gasteiger partial charge in [-0.05, 0) is 23.3 Å². The zero-order valence-corrected chi connectivity index (χ0v) is 18.0. The maximum Gasteiger partial charge on any atom is 0.182 e. The van der Waals surface area contributed by atoms with Crippen LogP contribution in [0.1, 0.15) is 0 Å². The minimum absolute atomic E-state index is 0.617. The molecular formula is C26H18ClN5. The first-order valence-electron chi connectivity index (χ1n) is 10.3. The molecule has 0 radical (unpaired) electrons. The third-order valence-corrected chi connectivity index (χ3v) is 5.94. The zero-order chi connectivity index (χ0) is 21.7. The van der Waals surface area contributed by atoms with Crippen LogP contribution < -0.4 is 0 Å². The molecule has 6 rings (SSSR count). The molecule has 0 spiro atoms. The number of fused-ring (bicyclic) bond motifs is 3. The molecule has 5 nitrogen and oxygen atoms in total. The van der Waals surface area contributed by atoms with E-state index in [-0.39, 0.29) is 0 Å². The van der Waals surface area contributed by atoms with E-state index in [0.29, 0.717) is 10.8 Å². The quantitative estimate of drug-likeness (QED) is 0.329. The molecule has 32 heavy (non-hydrogen) atoms. The maximum absolute atomic E-state index is 6.21. The molecule has 6 aromatic rings. The number of hydrogen-bond acceptors (Lipinski definition) is 3. The lowest BCUT2D eigenvalue weighted by Crippen LogP contribution is -1.95. The van der Waals surface area contributed by atoms with Gasteiger partial charge in [-0.2, -0.15) is 0 Å². The van der Waals surface area contributed by atoms with E-state index in [1.54, 1.807) is 10.8 Å². The Morgan fingerprint density at radius 3 is 2.16 bits per heavy atom. The maximum atomic E-state index is 6.21. The van der Waals surface area contributed by atoms with Crippen molar-refractivity contribution in [3.05, 3.63) is 96.3 Å². The summed E-state index contributed by atoms with van der Waals surface area (Å²) in [4.78, 5) is 9.69. The predicted molar refractivity (Wildman–Crippen MR) is 129 cm³/mol. The van der Waals surface area contributed by atoms with Crippen molar-refractivity contribution in [1.82, 2.24) is 24.1 Å². The van der Waals surface area contributed by atoms with Crippen molar-refractivity contribution in [2.75, 3.05) is 0 Å². The summed E-state index contributed by atoms with van der Waals surface area (Å²) in [7, 11) is 2.05. The number of benzene rings is 3. The summed E-state index contributed by atoms with van der Waals surface area (Å²) >= 11 is 6.21. The Morgan fingerprint density at radius 2 is 1.44 bits per heavy atom. The molecule has 154 valence electrons. The summed E-state index contributed by atoms with van der Waals surface area (Å²) < 4.78 is 3.89. The molecule has 3 aromatic heterocycles. The second-order valence-electron chi connectivity index (χ2n) is 7.67. The highest BCUT2D eigenvalue weighted by molar-refractivity contribution is 6.30. The molecule has 0 bridgehead atoms. The normalized spacial score (nSPS) is 11.4. The van der Waals surface area contributed by atoms with Crippen LogP contribution in [0.2, 0.25) is 5.02 Å². The van der Waals surface area contributed by atoms with Crippen LogP contribution >= 0.6 is 11.6 Å². The van der Waals surface area contributed by atoms with Gasteiger partial charge >= 0.3 is 0 Å². The lowest BCUT2D eigenvalue weighted by atomic mass is 9.99. The zero-order valence-electron chi connectivity index (χ0n) is 17.3. The van der Waals surface area contributed by atoms with E-state index in [1.807, 2.05) is 36.4 Å². The Morgan fingerprint density at radius 1 is 0.750 bits per heavy atom. The van der Waals surface area contributed by atoms with Crippen molar-refractivity contribution in [2.45, 2.75) is 0 Å². The van der Waals surface area contributed by atoms with Gasteiger partial charge in [-0.3, -0.25) is 0 Å². The second-order valence-corrected chi connectivity index (χ2v) is 8.11. The van der Waals surface area contributed by atoms with Gasteiger partial charge < -0.3 is 4.57 Å². The summed E-state index contributed by atoms with van der Waals surface area (Å²) in [6.07, 6.45) is 1.72. The first kappa shape index (κ1) is 18.8. The van der Waals surface area contributed by atoms with Crippen molar-refractivity contribution in [3.8, 4) is 33.8 Å². The fraction of sp³-hybridized carbons (Fsp3) is 0.0385. The highest BCUT2D eigenvalue weighted by atomic mass is 35.5. The molecule has 0 unspecified atom stereocenters. The molecule has 0 aliphatic rings. The van der Waals surface area contributed by atoms with Gasteiger partial charge in [0.05, 0.1) is 11.1 Å². The predicted octanol–water partition coefficient (Wildman–Crippen LogP) is 6.27. The summed E-state index contributed by atoms with van der Waals surface area (Å²) in [6, 6.07) is 28.4. The van der Waals surface area contributed by atoms with Crippen LogP contribution in [0, 0.1) is 0 Å². The molecule has 0 aliphatic heterocycles. The van der Waals surface area contributed by atoms with Crippen LogP contribution in [0.15, 0.2) is 91.3 Å². The Balaban J connectivity index is 1.73. The minimum atomic E-state index is 0.617. The molecule has 0 aliphatic carbocycles. The molecule has 0 N–H and O–H groups in total. The highest BCUT2D eigenvalue weighted by Gasteiger charge is 2.23. The molecule has 3 heterocycles. The molecule has 0 saturated heterocycles. The number of aromatic nitrogens is 5. The van der Waals surface area contributed by atoms with Gasteiger partial charge in [-0.25, -0.2) is 14.5 Å². The van der Waals surface area contributed by atoms with E-state index in [2.05, 4.69) is 60.1 Å². The Labute approximate surface area is 189 Å². The largest absolute Gasteiger partial charge is 0.328 e. The third-order valence-electron chi connectivity index (χ3n) is 5.70. The van der Waals surface area contributed by atoms with Gasteiger partial charge in [0.1, 0.15) is 12.0 Å². The van der Waals surface area contributed by atoms with Crippen LogP contribution in [0.25, 0.3) is 50.5 Å². The Kier molecular flexibility index (Phi) is 4.30. The van der Waals surface area contributed by atoms with E-state index in [9.17, 15) is 0 Å². The standard InChI is InChI=1S/C26H18ClN5/c1-31-23(18-11-6-3-7-12-18)21(17-9-4-2-5-10-17)22-25(31)28-16-32-26(22)29-24(30-32)19-13-8-14-20(27)15-19/h2-16H,1H3. The second kappa shape index (κ2) is 7.32. The van der Waals surface area contributed by atoms with Crippen LogP contribution in [0.5, 0.6) is 0 Å². The first-order chi connectivity index (χ1) is 15.7. The smallest absolute Gasteiger partial charge is 0.182 e.